The summed E-state index contributed by atoms with van der Waals surface area (Å²) in [5.41, 5.74) is 0. The van der Waals surface area contributed by atoms with Gasteiger partial charge in [-0.15, -0.1) is 0 Å². The van der Waals surface area contributed by atoms with E-state index in [4.69, 9.17) is 4.74 Å². The van der Waals surface area contributed by atoms with Crippen molar-refractivity contribution in [2.45, 2.75) is 47.5 Å². The first-order chi connectivity index (χ1) is 13.5. The molecular formula is C19H26Br2N2O4S. The predicted octanol–water partition coefficient (Wildman–Crippen LogP) is 2.18. The monoisotopic (exact) mass is 536 g/mol. The molecular weight excluding hydrogens is 512 g/mol. The van der Waals surface area contributed by atoms with Gasteiger partial charge in [-0.05, 0) is 49.5 Å². The van der Waals surface area contributed by atoms with Crippen LogP contribution in [0.3, 0.4) is 0 Å². The highest BCUT2D eigenvalue weighted by Crippen LogP contribution is 2.60. The van der Waals surface area contributed by atoms with Gasteiger partial charge in [0.2, 0.25) is 17.7 Å². The van der Waals surface area contributed by atoms with Gasteiger partial charge < -0.3 is 10.1 Å². The Morgan fingerprint density at radius 1 is 1.25 bits per heavy atom. The molecule has 4 rings (SSSR count). The Kier molecular flexibility index (Phi) is 6.45. The van der Waals surface area contributed by atoms with E-state index in [0.717, 1.165) is 31.6 Å². The van der Waals surface area contributed by atoms with Gasteiger partial charge in [0.15, 0.2) is 0 Å². The van der Waals surface area contributed by atoms with Gasteiger partial charge in [0.25, 0.3) is 0 Å². The Hall–Kier alpha value is -0.120. The number of alkyl halides is 2. The van der Waals surface area contributed by atoms with Crippen molar-refractivity contribution in [2.24, 2.45) is 23.7 Å². The maximum atomic E-state index is 13.3. The van der Waals surface area contributed by atoms with Gasteiger partial charge in [-0.2, -0.15) is 11.8 Å². The lowest BCUT2D eigenvalue weighted by molar-refractivity contribution is -0.148. The quantitative estimate of drug-likeness (QED) is 0.398. The first-order valence-electron chi connectivity index (χ1n) is 9.99. The number of halogens is 2. The average molecular weight is 538 g/mol. The number of carbonyl (C=O) groups is 3. The molecule has 4 fully saturated rings. The number of amides is 3. The van der Waals surface area contributed by atoms with Gasteiger partial charge in [-0.3, -0.25) is 19.3 Å². The molecule has 0 aromatic heterocycles. The smallest absolute Gasteiger partial charge is 0.243 e. The molecule has 0 unspecified atom stereocenters. The van der Waals surface area contributed by atoms with Crippen LogP contribution in [0.4, 0.5) is 0 Å². The molecule has 9 heteroatoms. The Bertz CT molecular complexity index is 628. The molecule has 1 N–H and O–H groups in total. The number of ether oxygens (including phenoxy) is 1. The van der Waals surface area contributed by atoms with E-state index in [0.29, 0.717) is 13.0 Å². The SMILES string of the molecule is CSCC[C@H](C(=O)NC[C@@H]1CCCO1)N1C(=O)[C@@H]2[C@H]3C[C@@H]([C@H](Br)[C@H]3Br)[C@H]2C1=O. The first kappa shape index (κ1) is 21.1. The van der Waals surface area contributed by atoms with E-state index in [1.807, 2.05) is 6.26 Å². The molecule has 6 nitrogen and oxygen atoms in total. The summed E-state index contributed by atoms with van der Waals surface area (Å²) < 4.78 is 5.58. The Morgan fingerprint density at radius 3 is 2.43 bits per heavy atom. The van der Waals surface area contributed by atoms with Gasteiger partial charge >= 0.3 is 0 Å². The molecule has 156 valence electrons. The van der Waals surface area contributed by atoms with E-state index >= 15 is 0 Å². The second-order valence-electron chi connectivity index (χ2n) is 8.23. The van der Waals surface area contributed by atoms with Crippen molar-refractivity contribution in [3.05, 3.63) is 0 Å². The number of nitrogens with one attached hydrogen (secondary N) is 1. The van der Waals surface area contributed by atoms with E-state index in [2.05, 4.69) is 37.2 Å². The van der Waals surface area contributed by atoms with Gasteiger partial charge in [0.1, 0.15) is 6.04 Å². The molecule has 2 heterocycles. The fourth-order valence-corrected chi connectivity index (χ4v) is 7.76. The van der Waals surface area contributed by atoms with Crippen molar-refractivity contribution in [2.75, 3.05) is 25.2 Å². The zero-order valence-electron chi connectivity index (χ0n) is 15.8. The molecule has 28 heavy (non-hydrogen) atoms. The van der Waals surface area contributed by atoms with Crippen LogP contribution in [0, 0.1) is 23.7 Å². The van der Waals surface area contributed by atoms with Crippen LogP contribution in [-0.2, 0) is 19.1 Å². The largest absolute Gasteiger partial charge is 0.376 e. The first-order valence-corrected chi connectivity index (χ1v) is 13.2. The molecule has 0 radical (unpaired) electrons. The third-order valence-electron chi connectivity index (χ3n) is 6.76. The topological polar surface area (TPSA) is 75.7 Å². The molecule has 0 spiro atoms. The maximum absolute atomic E-state index is 13.3. The second-order valence-corrected chi connectivity index (χ2v) is 11.3. The minimum Gasteiger partial charge on any atom is -0.376 e. The molecule has 3 amide bonds. The summed E-state index contributed by atoms with van der Waals surface area (Å²) in [6.07, 6.45) is 5.33. The number of imide groups is 1. The number of thioether (sulfide) groups is 1. The predicted molar refractivity (Wildman–Crippen MR) is 115 cm³/mol. The minimum atomic E-state index is -0.721. The molecule has 2 aliphatic heterocycles. The maximum Gasteiger partial charge on any atom is 0.243 e. The number of nitrogens with zero attached hydrogens (tertiary/aromatic N) is 1. The Balaban J connectivity index is 1.50. The van der Waals surface area contributed by atoms with E-state index in [1.54, 1.807) is 11.8 Å². The van der Waals surface area contributed by atoms with Crippen molar-refractivity contribution in [1.82, 2.24) is 10.2 Å². The summed E-state index contributed by atoms with van der Waals surface area (Å²) in [5, 5.41) is 2.94. The molecule has 0 aromatic carbocycles. The van der Waals surface area contributed by atoms with Gasteiger partial charge in [-0.1, -0.05) is 31.9 Å². The van der Waals surface area contributed by atoms with Crippen LogP contribution < -0.4 is 5.32 Å². The zero-order valence-corrected chi connectivity index (χ0v) is 19.8. The summed E-state index contributed by atoms with van der Waals surface area (Å²) in [4.78, 5) is 41.2. The summed E-state index contributed by atoms with van der Waals surface area (Å²) >= 11 is 9.04. The van der Waals surface area contributed by atoms with E-state index in [-0.39, 0.29) is 57.2 Å². The summed E-state index contributed by atoms with van der Waals surface area (Å²) in [5.74, 6) is -0.0380. The molecule has 2 bridgehead atoms. The molecule has 2 saturated carbocycles. The van der Waals surface area contributed by atoms with Crippen LogP contribution in [0.1, 0.15) is 25.7 Å². The lowest BCUT2D eigenvalue weighted by Gasteiger charge is -2.28. The highest BCUT2D eigenvalue weighted by atomic mass is 79.9. The number of fused-ring (bicyclic) bond motifs is 5. The highest BCUT2D eigenvalue weighted by Gasteiger charge is 2.67. The minimum absolute atomic E-state index is 0.0358. The number of likely N-dealkylation sites (tertiary alicyclic amines) is 1. The third-order valence-corrected chi connectivity index (χ3v) is 10.6. The van der Waals surface area contributed by atoms with Crippen LogP contribution in [0.15, 0.2) is 0 Å². The second kappa shape index (κ2) is 8.55. The van der Waals surface area contributed by atoms with Crippen molar-refractivity contribution in [3.8, 4) is 0 Å². The van der Waals surface area contributed by atoms with Crippen LogP contribution >= 0.6 is 43.6 Å². The zero-order chi connectivity index (χ0) is 20.0. The lowest BCUT2D eigenvalue weighted by atomic mass is 9.81. The average Bonchev–Trinajstić information content (AvgIpc) is 3.43. The standard InChI is InChI=1S/C19H26Br2N2O4S/c1-28-6-4-12(17(24)22-8-9-3-2-5-27-9)23-18(25)13-10-7-11(14(13)19(23)26)16(21)15(10)20/h9-16H,2-8H2,1H3,(H,22,24)/t9-,10+,11+,12+,13+,14+,15-,16-/m0/s1. The van der Waals surface area contributed by atoms with E-state index in [9.17, 15) is 14.4 Å². The van der Waals surface area contributed by atoms with Crippen molar-refractivity contribution in [1.29, 1.82) is 0 Å². The molecule has 4 aliphatic rings. The molecule has 2 saturated heterocycles. The summed E-state index contributed by atoms with van der Waals surface area (Å²) in [6, 6.07) is -0.721. The van der Waals surface area contributed by atoms with E-state index < -0.39 is 6.04 Å². The van der Waals surface area contributed by atoms with Crippen LogP contribution in [-0.4, -0.2) is 69.6 Å². The van der Waals surface area contributed by atoms with Crippen molar-refractivity contribution < 1.29 is 19.1 Å². The fourth-order valence-electron chi connectivity index (χ4n) is 5.42. The van der Waals surface area contributed by atoms with Crippen LogP contribution in [0.5, 0.6) is 0 Å². The molecule has 2 aliphatic carbocycles. The number of hydrogen-bond acceptors (Lipinski definition) is 5. The molecule has 8 atom stereocenters. The van der Waals surface area contributed by atoms with Crippen molar-refractivity contribution >= 4 is 61.3 Å². The van der Waals surface area contributed by atoms with Crippen LogP contribution in [0.25, 0.3) is 0 Å². The van der Waals surface area contributed by atoms with E-state index in [1.165, 1.54) is 4.90 Å². The Morgan fingerprint density at radius 2 is 1.89 bits per heavy atom. The Labute approximate surface area is 186 Å². The van der Waals surface area contributed by atoms with Gasteiger partial charge in [-0.25, -0.2) is 0 Å². The summed E-state index contributed by atoms with van der Waals surface area (Å²) in [6.45, 7) is 1.17. The number of carbonyl (C=O) groups excluding carboxylic acids is 3. The molecule has 0 aromatic rings. The third kappa shape index (κ3) is 3.48. The fraction of sp³-hybridized carbons (Fsp3) is 0.842. The number of hydrogen-bond donors (Lipinski definition) is 1. The highest BCUT2D eigenvalue weighted by molar-refractivity contribution is 9.12. The normalized spacial score (nSPS) is 40.2. The number of rotatable bonds is 7. The summed E-state index contributed by atoms with van der Waals surface area (Å²) in [7, 11) is 0. The lowest BCUT2D eigenvalue weighted by Crippen LogP contribution is -2.51. The van der Waals surface area contributed by atoms with Gasteiger partial charge in [0, 0.05) is 22.8 Å². The van der Waals surface area contributed by atoms with Gasteiger partial charge in [0.05, 0.1) is 17.9 Å². The van der Waals surface area contributed by atoms with Crippen molar-refractivity contribution in [3.63, 3.8) is 0 Å². The van der Waals surface area contributed by atoms with Crippen LogP contribution in [0.2, 0.25) is 0 Å².